The average molecular weight is 421 g/mol. The molecule has 1 saturated heterocycles. The highest BCUT2D eigenvalue weighted by Gasteiger charge is 2.20. The predicted molar refractivity (Wildman–Crippen MR) is 113 cm³/mol. The summed E-state index contributed by atoms with van der Waals surface area (Å²) in [6.45, 7) is 2.54. The number of fused-ring (bicyclic) bond motifs is 1. The van der Waals surface area contributed by atoms with Crippen LogP contribution in [0.1, 0.15) is 11.9 Å². The second-order valence-corrected chi connectivity index (χ2v) is 7.17. The Kier molecular flexibility index (Phi) is 5.33. The maximum Gasteiger partial charge on any atom is 0.164 e. The smallest absolute Gasteiger partial charge is 0.164 e. The first-order valence-corrected chi connectivity index (χ1v) is 10.1. The Hall–Kier alpha value is -3.34. The lowest BCUT2D eigenvalue weighted by atomic mass is 10.3. The quantitative estimate of drug-likeness (QED) is 0.500. The highest BCUT2D eigenvalue weighted by molar-refractivity contribution is 5.60. The number of aliphatic hydroxyl groups is 1. The molecule has 0 saturated carbocycles. The van der Waals surface area contributed by atoms with Gasteiger partial charge in [-0.3, -0.25) is 4.40 Å². The molecule has 1 atom stereocenters. The van der Waals surface area contributed by atoms with E-state index in [2.05, 4.69) is 19.9 Å². The van der Waals surface area contributed by atoms with Crippen molar-refractivity contribution in [1.29, 1.82) is 0 Å². The molecule has 4 aromatic rings. The fourth-order valence-electron chi connectivity index (χ4n) is 3.63. The number of morpholine rings is 1. The fourth-order valence-corrected chi connectivity index (χ4v) is 3.63. The van der Waals surface area contributed by atoms with Gasteiger partial charge in [-0.1, -0.05) is 6.07 Å². The van der Waals surface area contributed by atoms with E-state index in [1.54, 1.807) is 10.9 Å². The number of hydrogen-bond acceptors (Lipinski definition) is 8. The Morgan fingerprint density at radius 3 is 2.77 bits per heavy atom. The third-order valence-corrected chi connectivity index (χ3v) is 5.29. The van der Waals surface area contributed by atoms with Crippen LogP contribution in [-0.4, -0.2) is 74.3 Å². The first-order chi connectivity index (χ1) is 15.3. The molecule has 5 rings (SSSR count). The zero-order valence-corrected chi connectivity index (χ0v) is 17.1. The number of anilines is 1. The summed E-state index contributed by atoms with van der Waals surface area (Å²) in [5.74, 6) is 1.77. The summed E-state index contributed by atoms with van der Waals surface area (Å²) in [5, 5.41) is 14.4. The number of aromatic nitrogens is 6. The first-order valence-electron chi connectivity index (χ1n) is 10.1. The van der Waals surface area contributed by atoms with Crippen molar-refractivity contribution in [3.05, 3.63) is 54.7 Å². The van der Waals surface area contributed by atoms with Crippen LogP contribution in [0.2, 0.25) is 0 Å². The molecule has 1 fully saturated rings. The summed E-state index contributed by atoms with van der Waals surface area (Å²) in [6.07, 6.45) is 5.00. The van der Waals surface area contributed by atoms with Crippen LogP contribution in [-0.2, 0) is 9.47 Å². The zero-order chi connectivity index (χ0) is 21.2. The van der Waals surface area contributed by atoms with Gasteiger partial charge in [0.15, 0.2) is 11.6 Å². The number of imidazole rings is 1. The molecule has 10 heteroatoms. The van der Waals surface area contributed by atoms with Crippen molar-refractivity contribution in [3.63, 3.8) is 0 Å². The minimum absolute atomic E-state index is 0.214. The van der Waals surface area contributed by atoms with Crippen molar-refractivity contribution >= 4 is 11.5 Å². The molecule has 0 spiro atoms. The van der Waals surface area contributed by atoms with E-state index in [0.29, 0.717) is 24.9 Å². The van der Waals surface area contributed by atoms with E-state index in [-0.39, 0.29) is 6.61 Å². The van der Waals surface area contributed by atoms with Crippen molar-refractivity contribution in [2.24, 2.45) is 0 Å². The molecule has 0 amide bonds. The molecule has 4 aromatic heterocycles. The number of nitrogens with zero attached hydrogens (tertiary/aromatic N) is 7. The molecule has 0 radical (unpaired) electrons. The van der Waals surface area contributed by atoms with E-state index in [4.69, 9.17) is 14.6 Å². The summed E-state index contributed by atoms with van der Waals surface area (Å²) in [7, 11) is 1.53. The summed E-state index contributed by atoms with van der Waals surface area (Å²) in [5.41, 5.74) is 2.52. The van der Waals surface area contributed by atoms with Crippen LogP contribution in [0.15, 0.2) is 48.9 Å². The summed E-state index contributed by atoms with van der Waals surface area (Å²) < 4.78 is 14.5. The zero-order valence-electron chi connectivity index (χ0n) is 17.1. The molecule has 0 aliphatic carbocycles. The van der Waals surface area contributed by atoms with Gasteiger partial charge in [0.05, 0.1) is 31.7 Å². The number of pyridine rings is 1. The molecular weight excluding hydrogens is 398 g/mol. The van der Waals surface area contributed by atoms with Gasteiger partial charge in [-0.05, 0) is 18.2 Å². The van der Waals surface area contributed by atoms with E-state index in [0.717, 1.165) is 35.9 Å². The summed E-state index contributed by atoms with van der Waals surface area (Å²) in [6, 6.07) is 9.68. The average Bonchev–Trinajstić information content (AvgIpc) is 3.48. The Balaban J connectivity index is 1.55. The van der Waals surface area contributed by atoms with Crippen LogP contribution >= 0.6 is 0 Å². The molecule has 31 heavy (non-hydrogen) atoms. The van der Waals surface area contributed by atoms with Gasteiger partial charge in [0.1, 0.15) is 23.3 Å². The van der Waals surface area contributed by atoms with Crippen LogP contribution in [0, 0.1) is 0 Å². The second kappa shape index (κ2) is 8.42. The lowest BCUT2D eigenvalue weighted by Crippen LogP contribution is -2.37. The van der Waals surface area contributed by atoms with Crippen molar-refractivity contribution in [2.75, 3.05) is 44.9 Å². The molecule has 1 aliphatic rings. The van der Waals surface area contributed by atoms with Gasteiger partial charge < -0.3 is 19.5 Å². The highest BCUT2D eigenvalue weighted by atomic mass is 16.5. The van der Waals surface area contributed by atoms with Crippen LogP contribution < -0.4 is 4.90 Å². The summed E-state index contributed by atoms with van der Waals surface area (Å²) >= 11 is 0. The third-order valence-electron chi connectivity index (χ3n) is 5.29. The maximum absolute atomic E-state index is 9.70. The van der Waals surface area contributed by atoms with Gasteiger partial charge >= 0.3 is 0 Å². The maximum atomic E-state index is 9.70. The standard InChI is InChI=1S/C21H23N7O3/c1-30-17(14-29)21-23-19(26-8-10-31-11-9-26)12-20(24-21)28-7-5-15(25-28)16-13-22-18-4-2-3-6-27(16)18/h2-7,12-13,17,29H,8-11,14H2,1H3. The third kappa shape index (κ3) is 3.76. The van der Waals surface area contributed by atoms with Crippen LogP contribution in [0.3, 0.4) is 0 Å². The van der Waals surface area contributed by atoms with Gasteiger partial charge in [-0.15, -0.1) is 0 Å². The van der Waals surface area contributed by atoms with Gasteiger partial charge in [-0.2, -0.15) is 5.10 Å². The fraction of sp³-hybridized carbons (Fsp3) is 0.333. The molecule has 160 valence electrons. The van der Waals surface area contributed by atoms with Crippen LogP contribution in [0.4, 0.5) is 5.82 Å². The van der Waals surface area contributed by atoms with Gasteiger partial charge in [0.25, 0.3) is 0 Å². The number of hydrogen-bond donors (Lipinski definition) is 1. The van der Waals surface area contributed by atoms with Crippen molar-refractivity contribution in [1.82, 2.24) is 29.1 Å². The lowest BCUT2D eigenvalue weighted by molar-refractivity contribution is 0.0422. The molecular formula is C21H23N7O3. The highest BCUT2D eigenvalue weighted by Crippen LogP contribution is 2.23. The minimum Gasteiger partial charge on any atom is -0.393 e. The van der Waals surface area contributed by atoms with Gasteiger partial charge in [0, 0.05) is 38.7 Å². The molecule has 5 heterocycles. The Bertz CT molecular complexity index is 1180. The monoisotopic (exact) mass is 421 g/mol. The Labute approximate surface area is 178 Å². The van der Waals surface area contributed by atoms with Crippen molar-refractivity contribution in [3.8, 4) is 17.2 Å². The number of aliphatic hydroxyl groups excluding tert-OH is 1. The van der Waals surface area contributed by atoms with E-state index in [1.807, 2.05) is 47.1 Å². The van der Waals surface area contributed by atoms with Crippen molar-refractivity contribution in [2.45, 2.75) is 6.10 Å². The van der Waals surface area contributed by atoms with Gasteiger partial charge in [-0.25, -0.2) is 19.6 Å². The normalized spacial score (nSPS) is 15.5. The first kappa shape index (κ1) is 19.6. The van der Waals surface area contributed by atoms with Crippen molar-refractivity contribution < 1.29 is 14.6 Å². The second-order valence-electron chi connectivity index (χ2n) is 7.17. The minimum atomic E-state index is -0.617. The van der Waals surface area contributed by atoms with E-state index in [1.165, 1.54) is 7.11 Å². The molecule has 0 bridgehead atoms. The molecule has 10 nitrogen and oxygen atoms in total. The summed E-state index contributed by atoms with van der Waals surface area (Å²) in [4.78, 5) is 15.8. The number of rotatable bonds is 6. The van der Waals surface area contributed by atoms with Crippen LogP contribution in [0.25, 0.3) is 22.9 Å². The molecule has 1 aliphatic heterocycles. The largest absolute Gasteiger partial charge is 0.393 e. The topological polar surface area (TPSA) is 103 Å². The Morgan fingerprint density at radius 1 is 1.13 bits per heavy atom. The molecule has 1 unspecified atom stereocenters. The van der Waals surface area contributed by atoms with Gasteiger partial charge in [0.2, 0.25) is 0 Å². The van der Waals surface area contributed by atoms with E-state index in [9.17, 15) is 5.11 Å². The van der Waals surface area contributed by atoms with E-state index >= 15 is 0 Å². The number of ether oxygens (including phenoxy) is 2. The molecule has 0 aromatic carbocycles. The Morgan fingerprint density at radius 2 is 1.97 bits per heavy atom. The van der Waals surface area contributed by atoms with Crippen LogP contribution in [0.5, 0.6) is 0 Å². The molecule has 1 N–H and O–H groups in total. The predicted octanol–water partition coefficient (Wildman–Crippen LogP) is 1.49. The lowest BCUT2D eigenvalue weighted by Gasteiger charge is -2.28. The SMILES string of the molecule is COC(CO)c1nc(N2CCOCC2)cc(-n2ccc(-c3cnc4ccccn34)n2)n1. The number of methoxy groups -OCH3 is 1. The van der Waals surface area contributed by atoms with E-state index < -0.39 is 6.10 Å².